The van der Waals surface area contributed by atoms with Crippen LogP contribution in [-0.2, 0) is 0 Å². The maximum atomic E-state index is 2.53. The van der Waals surface area contributed by atoms with Crippen LogP contribution in [0.1, 0.15) is 12.0 Å². The fourth-order valence-electron chi connectivity index (χ4n) is 8.84. The Bertz CT molecular complexity index is 3090. The van der Waals surface area contributed by atoms with Gasteiger partial charge in [0, 0.05) is 44.2 Å². The van der Waals surface area contributed by atoms with Crippen molar-refractivity contribution in [3.63, 3.8) is 0 Å². The van der Waals surface area contributed by atoms with E-state index >= 15 is 0 Å². The van der Waals surface area contributed by atoms with E-state index in [1.165, 1.54) is 93.3 Å². The average molecular weight is 663 g/mol. The quantitative estimate of drug-likeness (QED) is 0.178. The first-order valence-electron chi connectivity index (χ1n) is 18.2. The van der Waals surface area contributed by atoms with Crippen molar-refractivity contribution < 1.29 is 0 Å². The summed E-state index contributed by atoms with van der Waals surface area (Å²) in [5.74, 6) is 0.317. The molecule has 0 N–H and O–H groups in total. The highest BCUT2D eigenvalue weighted by atomic mass is 15.0. The van der Waals surface area contributed by atoms with Gasteiger partial charge in [-0.3, -0.25) is 0 Å². The van der Waals surface area contributed by atoms with Crippen LogP contribution < -0.4 is 10.6 Å². The lowest BCUT2D eigenvalue weighted by Crippen LogP contribution is -2.37. The first-order chi connectivity index (χ1) is 25.8. The third-order valence-corrected chi connectivity index (χ3v) is 11.2. The van der Waals surface area contributed by atoms with Gasteiger partial charge in [-0.05, 0) is 88.0 Å². The van der Waals surface area contributed by atoms with Crippen molar-refractivity contribution in [2.24, 2.45) is 5.92 Å². The molecule has 9 aromatic rings. The van der Waals surface area contributed by atoms with Gasteiger partial charge in [-0.25, -0.2) is 0 Å². The van der Waals surface area contributed by atoms with E-state index in [2.05, 4.69) is 197 Å². The van der Waals surface area contributed by atoms with E-state index in [0.29, 0.717) is 5.92 Å². The number of nitrogens with zero attached hydrogens (tertiary/aromatic N) is 2. The van der Waals surface area contributed by atoms with Gasteiger partial charge in [0.25, 0.3) is 0 Å². The van der Waals surface area contributed by atoms with Gasteiger partial charge in [-0.2, -0.15) is 0 Å². The smallest absolute Gasteiger partial charge is 0.0619 e. The SMILES string of the molecule is C1=CCC2C=c3c(n(-c4cccc(-c5ccccc5)c4)c4ccccc34)=C(c3ccc4c(c3)c3ccccc3n4-c3ccc4ccccc4c3)C2=C1. The van der Waals surface area contributed by atoms with Crippen molar-refractivity contribution in [1.29, 1.82) is 0 Å². The lowest BCUT2D eigenvalue weighted by Gasteiger charge is -2.25. The van der Waals surface area contributed by atoms with Crippen molar-refractivity contribution in [2.75, 3.05) is 0 Å². The second-order valence-corrected chi connectivity index (χ2v) is 14.1. The molecule has 0 saturated heterocycles. The highest BCUT2D eigenvalue weighted by Crippen LogP contribution is 2.39. The van der Waals surface area contributed by atoms with E-state index in [1.54, 1.807) is 0 Å². The van der Waals surface area contributed by atoms with Gasteiger partial charge in [-0.1, -0.05) is 140 Å². The average Bonchev–Trinajstić information content (AvgIpc) is 3.72. The summed E-state index contributed by atoms with van der Waals surface area (Å²) in [5, 5.41) is 8.92. The maximum Gasteiger partial charge on any atom is 0.0619 e. The van der Waals surface area contributed by atoms with Crippen molar-refractivity contribution in [1.82, 2.24) is 9.13 Å². The van der Waals surface area contributed by atoms with Gasteiger partial charge >= 0.3 is 0 Å². The molecule has 2 heteroatoms. The molecule has 52 heavy (non-hydrogen) atoms. The van der Waals surface area contributed by atoms with Crippen LogP contribution in [0.4, 0.5) is 0 Å². The van der Waals surface area contributed by atoms with Crippen LogP contribution in [0.2, 0.25) is 0 Å². The van der Waals surface area contributed by atoms with Gasteiger partial charge in [-0.15, -0.1) is 0 Å². The molecule has 0 saturated carbocycles. The Labute approximate surface area is 301 Å². The van der Waals surface area contributed by atoms with Crippen molar-refractivity contribution in [3.05, 3.63) is 204 Å². The molecule has 2 nitrogen and oxygen atoms in total. The van der Waals surface area contributed by atoms with E-state index < -0.39 is 0 Å². The molecule has 0 bridgehead atoms. The molecule has 2 aliphatic rings. The van der Waals surface area contributed by atoms with Gasteiger partial charge in [0.15, 0.2) is 0 Å². The topological polar surface area (TPSA) is 9.86 Å². The number of benzene rings is 7. The Kier molecular flexibility index (Phi) is 6.41. The molecule has 0 spiro atoms. The monoisotopic (exact) mass is 662 g/mol. The van der Waals surface area contributed by atoms with Crippen molar-refractivity contribution in [2.45, 2.75) is 6.42 Å². The molecule has 2 heterocycles. The summed E-state index contributed by atoms with van der Waals surface area (Å²) in [6.07, 6.45) is 10.4. The van der Waals surface area contributed by atoms with Gasteiger partial charge in [0.2, 0.25) is 0 Å². The molecule has 0 aliphatic heterocycles. The fraction of sp³-hybridized carbons (Fsp3) is 0.0400. The summed E-state index contributed by atoms with van der Waals surface area (Å²) in [6, 6.07) is 60.1. The van der Waals surface area contributed by atoms with Gasteiger partial charge in [0.05, 0.1) is 21.9 Å². The zero-order valence-corrected chi connectivity index (χ0v) is 28.6. The van der Waals surface area contributed by atoms with Crippen LogP contribution in [0.25, 0.3) is 77.6 Å². The van der Waals surface area contributed by atoms with Crippen LogP contribution in [0.15, 0.2) is 188 Å². The number of allylic oxidation sites excluding steroid dienone is 4. The van der Waals surface area contributed by atoms with Crippen molar-refractivity contribution >= 4 is 55.1 Å². The Morgan fingerprint density at radius 3 is 2.06 bits per heavy atom. The Morgan fingerprint density at radius 2 is 1.17 bits per heavy atom. The van der Waals surface area contributed by atoms with Crippen LogP contribution in [0.5, 0.6) is 0 Å². The minimum Gasteiger partial charge on any atom is -0.309 e. The van der Waals surface area contributed by atoms with Gasteiger partial charge in [0.1, 0.15) is 0 Å². The number of aromatic nitrogens is 2. The second-order valence-electron chi connectivity index (χ2n) is 14.1. The van der Waals surface area contributed by atoms with Crippen LogP contribution in [0, 0.1) is 5.92 Å². The summed E-state index contributed by atoms with van der Waals surface area (Å²) in [7, 11) is 0. The molecule has 11 rings (SSSR count). The fourth-order valence-corrected chi connectivity index (χ4v) is 8.84. The zero-order chi connectivity index (χ0) is 34.2. The summed E-state index contributed by atoms with van der Waals surface area (Å²) < 4.78 is 4.95. The molecular weight excluding hydrogens is 629 g/mol. The van der Waals surface area contributed by atoms with Crippen LogP contribution >= 0.6 is 0 Å². The standard InChI is InChI=1S/C50H34N2/c1-2-13-33(14-3-1)36-18-12-19-39(29-36)52-47-24-11-9-22-43(47)45-31-37-17-6-7-20-41(37)49(50(45)52)38-26-28-48-44(32-38)42-21-8-10-23-46(42)51(48)40-27-25-34-15-4-5-16-35(34)30-40/h1-16,18-32,37H,17H2. The van der Waals surface area contributed by atoms with Crippen LogP contribution in [-0.4, -0.2) is 9.13 Å². The molecule has 1 atom stereocenters. The van der Waals surface area contributed by atoms with E-state index in [-0.39, 0.29) is 0 Å². The van der Waals surface area contributed by atoms with Gasteiger partial charge < -0.3 is 9.13 Å². The number of hydrogen-bond acceptors (Lipinski definition) is 0. The highest BCUT2D eigenvalue weighted by Gasteiger charge is 2.27. The number of para-hydroxylation sites is 2. The molecule has 2 aromatic heterocycles. The summed E-state index contributed by atoms with van der Waals surface area (Å²) >= 11 is 0. The zero-order valence-electron chi connectivity index (χ0n) is 28.6. The largest absolute Gasteiger partial charge is 0.309 e. The Morgan fingerprint density at radius 1 is 0.462 bits per heavy atom. The predicted octanol–water partition coefficient (Wildman–Crippen LogP) is 11.0. The van der Waals surface area contributed by atoms with E-state index in [4.69, 9.17) is 0 Å². The van der Waals surface area contributed by atoms with Crippen molar-refractivity contribution in [3.8, 4) is 22.5 Å². The summed E-state index contributed by atoms with van der Waals surface area (Å²) in [4.78, 5) is 0. The molecule has 1 unspecified atom stereocenters. The lowest BCUT2D eigenvalue weighted by molar-refractivity contribution is 0.819. The second kappa shape index (κ2) is 11.4. The minimum atomic E-state index is 0.317. The predicted molar refractivity (Wildman–Crippen MR) is 219 cm³/mol. The first-order valence-corrected chi connectivity index (χ1v) is 18.2. The molecule has 2 aliphatic carbocycles. The molecule has 0 radical (unpaired) electrons. The summed E-state index contributed by atoms with van der Waals surface area (Å²) in [6.45, 7) is 0. The molecule has 0 fully saturated rings. The first kappa shape index (κ1) is 29.1. The maximum absolute atomic E-state index is 2.53. The number of hydrogen-bond donors (Lipinski definition) is 0. The molecule has 244 valence electrons. The lowest BCUT2D eigenvalue weighted by atomic mass is 9.80. The Hall–Kier alpha value is -6.64. The Balaban J connectivity index is 1.23. The minimum absolute atomic E-state index is 0.317. The number of rotatable bonds is 4. The molecular formula is C50H34N2. The highest BCUT2D eigenvalue weighted by molar-refractivity contribution is 6.11. The molecule has 0 amide bonds. The normalized spacial score (nSPS) is 15.2. The van der Waals surface area contributed by atoms with E-state index in [1.807, 2.05) is 0 Å². The summed E-state index contributed by atoms with van der Waals surface area (Å²) in [5.41, 5.74) is 12.4. The van der Waals surface area contributed by atoms with Crippen LogP contribution in [0.3, 0.4) is 0 Å². The number of fused-ring (bicyclic) bond motifs is 8. The van der Waals surface area contributed by atoms with E-state index in [9.17, 15) is 0 Å². The molecule has 7 aromatic carbocycles. The third kappa shape index (κ3) is 4.37. The third-order valence-electron chi connectivity index (χ3n) is 11.2. The van der Waals surface area contributed by atoms with E-state index in [0.717, 1.165) is 6.42 Å².